The van der Waals surface area contributed by atoms with E-state index < -0.39 is 6.43 Å². The van der Waals surface area contributed by atoms with E-state index in [0.29, 0.717) is 12.4 Å². The van der Waals surface area contributed by atoms with E-state index in [1.54, 1.807) is 18.2 Å². The van der Waals surface area contributed by atoms with Gasteiger partial charge in [0.2, 0.25) is 0 Å². The molecular formula is C11H14F2O. The number of unbranched alkanes of at least 4 members (excludes halogenated alkanes) is 1. The topological polar surface area (TPSA) is 9.23 Å². The van der Waals surface area contributed by atoms with Crippen LogP contribution in [0.1, 0.15) is 31.8 Å². The molecule has 0 saturated heterocycles. The highest BCUT2D eigenvalue weighted by Crippen LogP contribution is 2.28. The lowest BCUT2D eigenvalue weighted by Crippen LogP contribution is -1.99. The average molecular weight is 200 g/mol. The van der Waals surface area contributed by atoms with Crippen LogP contribution in [0, 0.1) is 0 Å². The van der Waals surface area contributed by atoms with Crippen LogP contribution < -0.4 is 4.74 Å². The molecule has 14 heavy (non-hydrogen) atoms. The van der Waals surface area contributed by atoms with Gasteiger partial charge in [0.1, 0.15) is 5.75 Å². The van der Waals surface area contributed by atoms with Crippen molar-refractivity contribution in [3.63, 3.8) is 0 Å². The first-order chi connectivity index (χ1) is 6.75. The summed E-state index contributed by atoms with van der Waals surface area (Å²) in [6, 6.07) is 6.27. The fraction of sp³-hybridized carbons (Fsp3) is 0.455. The number of alkyl halides is 2. The molecule has 0 aliphatic heterocycles. The van der Waals surface area contributed by atoms with Gasteiger partial charge in [-0.25, -0.2) is 8.78 Å². The first kappa shape index (κ1) is 11.0. The van der Waals surface area contributed by atoms with E-state index in [2.05, 4.69) is 0 Å². The Morgan fingerprint density at radius 1 is 1.29 bits per heavy atom. The second kappa shape index (κ2) is 5.58. The zero-order chi connectivity index (χ0) is 10.4. The highest BCUT2D eigenvalue weighted by Gasteiger charge is 2.12. The number of hydrogen-bond acceptors (Lipinski definition) is 1. The van der Waals surface area contributed by atoms with Crippen LogP contribution in [0.15, 0.2) is 24.3 Å². The molecule has 0 aromatic heterocycles. The maximum atomic E-state index is 12.5. The standard InChI is InChI=1S/C11H14F2O/c1-2-3-8-14-10-7-5-4-6-9(10)11(12)13/h4-7,11H,2-3,8H2,1H3. The number of rotatable bonds is 5. The van der Waals surface area contributed by atoms with Gasteiger partial charge >= 0.3 is 0 Å². The monoisotopic (exact) mass is 200 g/mol. The second-order valence-electron chi connectivity index (χ2n) is 3.04. The number of benzene rings is 1. The molecule has 1 aromatic rings. The van der Waals surface area contributed by atoms with Crippen molar-refractivity contribution in [3.05, 3.63) is 29.8 Å². The molecule has 0 aliphatic carbocycles. The van der Waals surface area contributed by atoms with E-state index in [9.17, 15) is 8.78 Å². The lowest BCUT2D eigenvalue weighted by atomic mass is 10.2. The molecule has 1 rings (SSSR count). The first-order valence-electron chi connectivity index (χ1n) is 4.75. The third-order valence-electron chi connectivity index (χ3n) is 1.91. The summed E-state index contributed by atoms with van der Waals surface area (Å²) in [5.74, 6) is 0.302. The Hall–Kier alpha value is -1.12. The van der Waals surface area contributed by atoms with Crippen molar-refractivity contribution >= 4 is 0 Å². The number of hydrogen-bond donors (Lipinski definition) is 0. The summed E-state index contributed by atoms with van der Waals surface area (Å²) in [5.41, 5.74) is -0.0244. The molecule has 1 aromatic carbocycles. The van der Waals surface area contributed by atoms with Crippen molar-refractivity contribution in [1.82, 2.24) is 0 Å². The Morgan fingerprint density at radius 3 is 2.64 bits per heavy atom. The smallest absolute Gasteiger partial charge is 0.267 e. The minimum atomic E-state index is -2.46. The highest BCUT2D eigenvalue weighted by atomic mass is 19.3. The van der Waals surface area contributed by atoms with Crippen LogP contribution in [0.25, 0.3) is 0 Å². The van der Waals surface area contributed by atoms with Gasteiger partial charge in [0.05, 0.1) is 12.2 Å². The highest BCUT2D eigenvalue weighted by molar-refractivity contribution is 5.34. The van der Waals surface area contributed by atoms with Gasteiger partial charge in [-0.1, -0.05) is 25.5 Å². The van der Waals surface area contributed by atoms with Gasteiger partial charge in [0.15, 0.2) is 0 Å². The Labute approximate surface area is 82.7 Å². The van der Waals surface area contributed by atoms with Gasteiger partial charge < -0.3 is 4.74 Å². The zero-order valence-corrected chi connectivity index (χ0v) is 8.17. The number of halogens is 2. The molecule has 0 fully saturated rings. The summed E-state index contributed by atoms with van der Waals surface area (Å²) >= 11 is 0. The number of ether oxygens (including phenoxy) is 1. The van der Waals surface area contributed by atoms with Crippen LogP contribution in [0.3, 0.4) is 0 Å². The predicted molar refractivity (Wildman–Crippen MR) is 51.8 cm³/mol. The molecule has 78 valence electrons. The van der Waals surface area contributed by atoms with Gasteiger partial charge in [0.25, 0.3) is 6.43 Å². The average Bonchev–Trinajstić information content (AvgIpc) is 2.19. The van der Waals surface area contributed by atoms with Crippen molar-refractivity contribution < 1.29 is 13.5 Å². The maximum absolute atomic E-state index is 12.5. The normalized spacial score (nSPS) is 10.6. The van der Waals surface area contributed by atoms with Crippen LogP contribution >= 0.6 is 0 Å². The lowest BCUT2D eigenvalue weighted by Gasteiger charge is -2.09. The molecule has 0 radical (unpaired) electrons. The molecule has 0 amide bonds. The van der Waals surface area contributed by atoms with Crippen molar-refractivity contribution in [2.45, 2.75) is 26.2 Å². The van der Waals surface area contributed by atoms with Crippen LogP contribution in [-0.4, -0.2) is 6.61 Å². The van der Waals surface area contributed by atoms with E-state index in [0.717, 1.165) is 12.8 Å². The predicted octanol–water partition coefficient (Wildman–Crippen LogP) is 3.80. The minimum absolute atomic E-state index is 0.0244. The quantitative estimate of drug-likeness (QED) is 0.657. The fourth-order valence-electron chi connectivity index (χ4n) is 1.12. The lowest BCUT2D eigenvalue weighted by molar-refractivity contribution is 0.145. The molecule has 0 spiro atoms. The van der Waals surface area contributed by atoms with Gasteiger partial charge in [0, 0.05) is 0 Å². The Balaban J connectivity index is 2.64. The largest absolute Gasteiger partial charge is 0.493 e. The molecule has 0 heterocycles. The van der Waals surface area contributed by atoms with E-state index in [1.807, 2.05) is 6.92 Å². The first-order valence-corrected chi connectivity index (χ1v) is 4.75. The van der Waals surface area contributed by atoms with E-state index >= 15 is 0 Å². The molecule has 1 nitrogen and oxygen atoms in total. The van der Waals surface area contributed by atoms with Crippen molar-refractivity contribution in [2.75, 3.05) is 6.61 Å². The van der Waals surface area contributed by atoms with Crippen LogP contribution in [-0.2, 0) is 0 Å². The summed E-state index contributed by atoms with van der Waals surface area (Å²) in [6.45, 7) is 2.53. The molecule has 0 unspecified atom stereocenters. The maximum Gasteiger partial charge on any atom is 0.267 e. The SMILES string of the molecule is CCCCOc1ccccc1C(F)F. The second-order valence-corrected chi connectivity index (χ2v) is 3.04. The van der Waals surface area contributed by atoms with Crippen LogP contribution in [0.4, 0.5) is 8.78 Å². The molecule has 0 bridgehead atoms. The molecule has 0 atom stereocenters. The van der Waals surface area contributed by atoms with E-state index in [1.165, 1.54) is 6.07 Å². The summed E-state index contributed by atoms with van der Waals surface area (Å²) in [5, 5.41) is 0. The van der Waals surface area contributed by atoms with Gasteiger partial charge in [-0.05, 0) is 18.6 Å². The van der Waals surface area contributed by atoms with E-state index in [4.69, 9.17) is 4.74 Å². The Kier molecular flexibility index (Phi) is 4.36. The summed E-state index contributed by atoms with van der Waals surface area (Å²) < 4.78 is 30.2. The van der Waals surface area contributed by atoms with Crippen molar-refractivity contribution in [1.29, 1.82) is 0 Å². The van der Waals surface area contributed by atoms with E-state index in [-0.39, 0.29) is 5.56 Å². The third-order valence-corrected chi connectivity index (χ3v) is 1.91. The van der Waals surface area contributed by atoms with Gasteiger partial charge in [-0.2, -0.15) is 0 Å². The summed E-state index contributed by atoms with van der Waals surface area (Å²) in [4.78, 5) is 0. The third kappa shape index (κ3) is 2.98. The molecule has 0 N–H and O–H groups in total. The summed E-state index contributed by atoms with van der Waals surface area (Å²) in [7, 11) is 0. The van der Waals surface area contributed by atoms with Gasteiger partial charge in [-0.15, -0.1) is 0 Å². The Bertz CT molecular complexity index is 274. The van der Waals surface area contributed by atoms with Crippen LogP contribution in [0.2, 0.25) is 0 Å². The molecule has 0 aliphatic rings. The molecule has 3 heteroatoms. The molecule has 0 saturated carbocycles. The van der Waals surface area contributed by atoms with Crippen LogP contribution in [0.5, 0.6) is 5.75 Å². The number of para-hydroxylation sites is 1. The fourth-order valence-corrected chi connectivity index (χ4v) is 1.12. The van der Waals surface area contributed by atoms with Gasteiger partial charge in [-0.3, -0.25) is 0 Å². The zero-order valence-electron chi connectivity index (χ0n) is 8.17. The summed E-state index contributed by atoms with van der Waals surface area (Å²) in [6.07, 6.45) is -0.582. The van der Waals surface area contributed by atoms with Crippen molar-refractivity contribution in [2.24, 2.45) is 0 Å². The van der Waals surface area contributed by atoms with Crippen molar-refractivity contribution in [3.8, 4) is 5.75 Å². The Morgan fingerprint density at radius 2 is 2.00 bits per heavy atom. The molecular weight excluding hydrogens is 186 g/mol. The minimum Gasteiger partial charge on any atom is -0.493 e.